The van der Waals surface area contributed by atoms with E-state index in [1.807, 2.05) is 6.92 Å². The molecule has 0 amide bonds. The van der Waals surface area contributed by atoms with Gasteiger partial charge in [-0.3, -0.25) is 0 Å². The number of hydrogen-bond donors (Lipinski definition) is 1. The zero-order valence-electron chi connectivity index (χ0n) is 17.3. The lowest BCUT2D eigenvalue weighted by Gasteiger charge is -2.32. The molecule has 32 heavy (non-hydrogen) atoms. The summed E-state index contributed by atoms with van der Waals surface area (Å²) < 4.78 is 52.3. The van der Waals surface area contributed by atoms with Crippen molar-refractivity contribution in [2.45, 2.75) is 25.2 Å². The van der Waals surface area contributed by atoms with Crippen LogP contribution in [-0.4, -0.2) is 41.4 Å². The van der Waals surface area contributed by atoms with Crippen molar-refractivity contribution < 1.29 is 27.8 Å². The molecule has 0 bridgehead atoms. The molecule has 4 rings (SSSR count). The van der Waals surface area contributed by atoms with E-state index in [4.69, 9.17) is 9.47 Å². The Labute approximate surface area is 186 Å². The highest BCUT2D eigenvalue weighted by Crippen LogP contribution is 2.45. The van der Waals surface area contributed by atoms with Gasteiger partial charge in [0.15, 0.2) is 0 Å². The van der Waals surface area contributed by atoms with Gasteiger partial charge in [-0.1, -0.05) is 0 Å². The second-order valence-corrected chi connectivity index (χ2v) is 7.89. The molecule has 0 spiro atoms. The predicted octanol–water partition coefficient (Wildman–Crippen LogP) is 5.08. The van der Waals surface area contributed by atoms with E-state index < -0.39 is 18.3 Å². The minimum Gasteiger partial charge on any atom is -0.497 e. The van der Waals surface area contributed by atoms with Gasteiger partial charge in [-0.25, -0.2) is 4.98 Å². The number of thiazole rings is 1. The molecule has 10 heteroatoms. The molecule has 2 aromatic carbocycles. The summed E-state index contributed by atoms with van der Waals surface area (Å²) in [5.41, 5.74) is -1.45. The fraction of sp³-hybridized carbons (Fsp3) is 0.273. The van der Waals surface area contributed by atoms with Gasteiger partial charge in [0.1, 0.15) is 11.5 Å². The Bertz CT molecular complexity index is 1110. The molecule has 1 aromatic heterocycles. The van der Waals surface area contributed by atoms with Crippen LogP contribution in [0, 0.1) is 0 Å². The second kappa shape index (κ2) is 8.44. The average Bonchev–Trinajstić information content (AvgIpc) is 3.40. The highest BCUT2D eigenvalue weighted by Gasteiger charge is 2.62. The minimum atomic E-state index is -4.95. The number of rotatable bonds is 6. The van der Waals surface area contributed by atoms with Crippen molar-refractivity contribution in [3.63, 3.8) is 0 Å². The van der Waals surface area contributed by atoms with Gasteiger partial charge in [-0.15, -0.1) is 11.3 Å². The first-order valence-corrected chi connectivity index (χ1v) is 10.6. The molecule has 1 aliphatic rings. The third-order valence-electron chi connectivity index (χ3n) is 5.00. The highest BCUT2D eigenvalue weighted by molar-refractivity contribution is 7.14. The highest BCUT2D eigenvalue weighted by atomic mass is 32.1. The molecule has 2 heterocycles. The lowest BCUT2D eigenvalue weighted by molar-refractivity contribution is -0.254. The lowest BCUT2D eigenvalue weighted by atomic mass is 10.0. The number of hydrazone groups is 1. The number of ether oxygens (including phenoxy) is 2. The Balaban J connectivity index is 1.68. The number of nitrogens with zero attached hydrogens (tertiary/aromatic N) is 3. The van der Waals surface area contributed by atoms with E-state index in [-0.39, 0.29) is 10.8 Å². The van der Waals surface area contributed by atoms with E-state index in [9.17, 15) is 18.3 Å². The number of halogens is 3. The molecule has 0 fully saturated rings. The van der Waals surface area contributed by atoms with Gasteiger partial charge in [-0.2, -0.15) is 23.3 Å². The maximum absolute atomic E-state index is 13.9. The molecule has 0 saturated heterocycles. The summed E-state index contributed by atoms with van der Waals surface area (Å²) in [4.78, 5) is 4.31. The average molecular weight is 463 g/mol. The molecule has 3 aromatic rings. The number of aromatic nitrogens is 1. The van der Waals surface area contributed by atoms with E-state index >= 15 is 0 Å². The topological polar surface area (TPSA) is 67.2 Å². The van der Waals surface area contributed by atoms with Crippen LogP contribution in [0.15, 0.2) is 59.0 Å². The van der Waals surface area contributed by atoms with Crippen LogP contribution in [-0.2, 0) is 0 Å². The monoisotopic (exact) mass is 463 g/mol. The van der Waals surface area contributed by atoms with Crippen molar-refractivity contribution in [2.75, 3.05) is 18.7 Å². The summed E-state index contributed by atoms with van der Waals surface area (Å²) in [6, 6.07) is 13.5. The van der Waals surface area contributed by atoms with Crippen molar-refractivity contribution in [1.29, 1.82) is 0 Å². The normalized spacial score (nSPS) is 18.6. The Morgan fingerprint density at radius 1 is 1.06 bits per heavy atom. The Kier molecular flexibility index (Phi) is 5.83. The van der Waals surface area contributed by atoms with E-state index in [0.29, 0.717) is 39.9 Å². The molecule has 1 atom stereocenters. The van der Waals surface area contributed by atoms with E-state index in [1.54, 1.807) is 61.0 Å². The minimum absolute atomic E-state index is 0.0587. The van der Waals surface area contributed by atoms with Crippen molar-refractivity contribution in [1.82, 2.24) is 4.98 Å². The molecule has 168 valence electrons. The zero-order chi connectivity index (χ0) is 22.9. The number of anilines is 1. The first-order valence-electron chi connectivity index (χ1n) is 9.75. The van der Waals surface area contributed by atoms with E-state index in [2.05, 4.69) is 10.1 Å². The van der Waals surface area contributed by atoms with Crippen molar-refractivity contribution in [3.8, 4) is 22.8 Å². The Morgan fingerprint density at radius 2 is 1.69 bits per heavy atom. The Morgan fingerprint density at radius 3 is 2.28 bits per heavy atom. The summed E-state index contributed by atoms with van der Waals surface area (Å²) in [5, 5.41) is 16.9. The Hall–Kier alpha value is -3.11. The third-order valence-corrected chi connectivity index (χ3v) is 5.81. The number of methoxy groups -OCH3 is 1. The van der Waals surface area contributed by atoms with Crippen molar-refractivity contribution >= 4 is 22.2 Å². The van der Waals surface area contributed by atoms with Gasteiger partial charge >= 0.3 is 6.18 Å². The van der Waals surface area contributed by atoms with Gasteiger partial charge in [0.05, 0.1) is 31.5 Å². The van der Waals surface area contributed by atoms with Crippen LogP contribution in [0.5, 0.6) is 11.5 Å². The number of hydrogen-bond acceptors (Lipinski definition) is 7. The number of aliphatic hydroxyl groups is 1. The molecular weight excluding hydrogens is 443 g/mol. The van der Waals surface area contributed by atoms with Crippen molar-refractivity contribution in [3.05, 3.63) is 59.5 Å². The van der Waals surface area contributed by atoms with E-state index in [1.165, 1.54) is 0 Å². The van der Waals surface area contributed by atoms with E-state index in [0.717, 1.165) is 11.3 Å². The van der Waals surface area contributed by atoms with Crippen LogP contribution in [0.1, 0.15) is 18.9 Å². The summed E-state index contributed by atoms with van der Waals surface area (Å²) >= 11 is 0.973. The predicted molar refractivity (Wildman–Crippen MR) is 116 cm³/mol. The molecule has 0 radical (unpaired) electrons. The van der Waals surface area contributed by atoms with Crippen LogP contribution in [0.25, 0.3) is 11.3 Å². The molecule has 1 aliphatic heterocycles. The fourth-order valence-corrected chi connectivity index (χ4v) is 4.14. The summed E-state index contributed by atoms with van der Waals surface area (Å²) in [5.74, 6) is 1.25. The van der Waals surface area contributed by atoms with Crippen LogP contribution in [0.4, 0.5) is 18.3 Å². The molecular formula is C22H20F3N3O3S. The number of benzene rings is 2. The second-order valence-electron chi connectivity index (χ2n) is 7.05. The molecule has 1 N–H and O–H groups in total. The van der Waals surface area contributed by atoms with Gasteiger partial charge in [0, 0.05) is 10.9 Å². The summed E-state index contributed by atoms with van der Waals surface area (Å²) in [7, 11) is 1.54. The summed E-state index contributed by atoms with van der Waals surface area (Å²) in [6.07, 6.45) is -5.67. The van der Waals surface area contributed by atoms with Gasteiger partial charge in [-0.05, 0) is 61.0 Å². The zero-order valence-corrected chi connectivity index (χ0v) is 18.1. The van der Waals surface area contributed by atoms with Gasteiger partial charge < -0.3 is 14.6 Å². The third kappa shape index (κ3) is 4.03. The van der Waals surface area contributed by atoms with Gasteiger partial charge in [0.2, 0.25) is 5.13 Å². The SMILES string of the molecule is CCOc1ccc(C2=NN(c3nc(-c4ccc(OC)cc4)cs3)[C@](O)(C(F)(F)F)C2)cc1. The molecule has 0 aliphatic carbocycles. The smallest absolute Gasteiger partial charge is 0.438 e. The largest absolute Gasteiger partial charge is 0.497 e. The van der Waals surface area contributed by atoms with Crippen molar-refractivity contribution in [2.24, 2.45) is 5.10 Å². The molecule has 0 unspecified atom stereocenters. The molecule has 6 nitrogen and oxygen atoms in total. The maximum atomic E-state index is 13.9. The van der Waals surface area contributed by atoms with Crippen LogP contribution in [0.3, 0.4) is 0 Å². The first kappa shape index (κ1) is 22.1. The quantitative estimate of drug-likeness (QED) is 0.552. The first-order chi connectivity index (χ1) is 15.2. The fourth-order valence-electron chi connectivity index (χ4n) is 3.29. The van der Waals surface area contributed by atoms with Crippen LogP contribution in [0.2, 0.25) is 0 Å². The standard InChI is InChI=1S/C22H20F3N3O3S/c1-3-31-17-10-6-14(7-11-17)18-12-21(29,22(23,24)25)28(27-18)20-26-19(13-32-20)15-4-8-16(30-2)9-5-15/h4-11,13,29H,3,12H2,1-2H3/t21-/m1/s1. The summed E-state index contributed by atoms with van der Waals surface area (Å²) in [6.45, 7) is 2.31. The van der Waals surface area contributed by atoms with Crippen LogP contribution >= 0.6 is 11.3 Å². The van der Waals surface area contributed by atoms with Crippen LogP contribution < -0.4 is 14.5 Å². The number of alkyl halides is 3. The maximum Gasteiger partial charge on any atom is 0.438 e. The molecule has 0 saturated carbocycles. The van der Waals surface area contributed by atoms with Gasteiger partial charge in [0.25, 0.3) is 5.72 Å². The lowest BCUT2D eigenvalue weighted by Crippen LogP contribution is -2.55.